The molecule has 1 heterocycles. The summed E-state index contributed by atoms with van der Waals surface area (Å²) in [4.78, 5) is 4.51. The van der Waals surface area contributed by atoms with Crippen molar-refractivity contribution in [2.24, 2.45) is 5.92 Å². The largest absolute Gasteiger partial charge is 0.339 e. The van der Waals surface area contributed by atoms with E-state index in [1.54, 1.807) is 0 Å². The van der Waals surface area contributed by atoms with E-state index in [-0.39, 0.29) is 0 Å². The van der Waals surface area contributed by atoms with E-state index in [0.29, 0.717) is 23.7 Å². The van der Waals surface area contributed by atoms with E-state index in [1.807, 2.05) is 24.3 Å². The van der Waals surface area contributed by atoms with Gasteiger partial charge in [0.15, 0.2) is 0 Å². The minimum Gasteiger partial charge on any atom is -0.339 e. The van der Waals surface area contributed by atoms with Crippen molar-refractivity contribution in [3.63, 3.8) is 0 Å². The summed E-state index contributed by atoms with van der Waals surface area (Å²) < 4.78 is 6.44. The van der Waals surface area contributed by atoms with E-state index in [1.165, 1.54) is 0 Å². The van der Waals surface area contributed by atoms with E-state index in [4.69, 9.17) is 4.52 Å². The van der Waals surface area contributed by atoms with Crippen LogP contribution in [0, 0.1) is 5.92 Å². The molecule has 0 amide bonds. The number of halogens is 1. The van der Waals surface area contributed by atoms with E-state index in [0.717, 1.165) is 29.4 Å². The van der Waals surface area contributed by atoms with Gasteiger partial charge in [0.05, 0.1) is 0 Å². The number of nitrogens with one attached hydrogen (secondary N) is 1. The molecule has 114 valence electrons. The van der Waals surface area contributed by atoms with E-state index in [9.17, 15) is 0 Å². The molecular weight excluding hydrogens is 330 g/mol. The second-order valence-corrected chi connectivity index (χ2v) is 6.52. The number of nitrogens with zero attached hydrogens (tertiary/aromatic N) is 2. The quantitative estimate of drug-likeness (QED) is 0.816. The number of likely N-dealkylation sites (N-methyl/N-ethyl adjacent to an activating group) is 1. The molecule has 0 fully saturated rings. The van der Waals surface area contributed by atoms with Gasteiger partial charge >= 0.3 is 0 Å². The van der Waals surface area contributed by atoms with Crippen LogP contribution in [0.1, 0.15) is 33.1 Å². The zero-order valence-electron chi connectivity index (χ0n) is 12.8. The zero-order chi connectivity index (χ0) is 15.2. The third-order valence-corrected chi connectivity index (χ3v) is 3.77. The van der Waals surface area contributed by atoms with Crippen molar-refractivity contribution in [2.75, 3.05) is 6.54 Å². The van der Waals surface area contributed by atoms with Crippen molar-refractivity contribution in [3.8, 4) is 11.4 Å². The Bertz CT molecular complexity index is 551. The zero-order valence-corrected chi connectivity index (χ0v) is 14.4. The number of rotatable bonds is 7. The number of aromatic nitrogens is 2. The van der Waals surface area contributed by atoms with Crippen molar-refractivity contribution in [3.05, 3.63) is 34.6 Å². The second-order valence-electron chi connectivity index (χ2n) is 5.61. The van der Waals surface area contributed by atoms with Crippen LogP contribution in [0.4, 0.5) is 0 Å². The first-order chi connectivity index (χ1) is 10.1. The van der Waals surface area contributed by atoms with Gasteiger partial charge in [0.2, 0.25) is 11.7 Å². The highest BCUT2D eigenvalue weighted by atomic mass is 79.9. The Balaban J connectivity index is 2.06. The molecule has 2 rings (SSSR count). The Morgan fingerprint density at radius 2 is 1.95 bits per heavy atom. The summed E-state index contributed by atoms with van der Waals surface area (Å²) in [5.74, 6) is 1.99. The highest BCUT2D eigenvalue weighted by Gasteiger charge is 2.15. The molecule has 0 spiro atoms. The van der Waals surface area contributed by atoms with Gasteiger partial charge in [-0.25, -0.2) is 0 Å². The van der Waals surface area contributed by atoms with Crippen LogP contribution in [0.2, 0.25) is 0 Å². The third kappa shape index (κ3) is 4.93. The van der Waals surface area contributed by atoms with E-state index >= 15 is 0 Å². The Labute approximate surface area is 134 Å². The molecule has 4 nitrogen and oxygen atoms in total. The lowest BCUT2D eigenvalue weighted by atomic mass is 10.0. The lowest BCUT2D eigenvalue weighted by molar-refractivity contribution is 0.340. The van der Waals surface area contributed by atoms with Crippen LogP contribution < -0.4 is 5.32 Å². The molecule has 0 aliphatic carbocycles. The Morgan fingerprint density at radius 3 is 2.57 bits per heavy atom. The topological polar surface area (TPSA) is 51.0 Å². The lowest BCUT2D eigenvalue weighted by Gasteiger charge is -2.17. The fourth-order valence-corrected chi connectivity index (χ4v) is 2.63. The van der Waals surface area contributed by atoms with Crippen molar-refractivity contribution in [1.29, 1.82) is 0 Å². The van der Waals surface area contributed by atoms with Crippen molar-refractivity contribution >= 4 is 15.9 Å². The first-order valence-electron chi connectivity index (χ1n) is 7.40. The maximum Gasteiger partial charge on any atom is 0.228 e. The van der Waals surface area contributed by atoms with Crippen molar-refractivity contribution < 1.29 is 4.52 Å². The standard InChI is InChI=1S/C16H22BrN3O/c1-4-18-14(9-11(2)3)10-15-19-16(20-21-15)12-5-7-13(17)8-6-12/h5-8,11,14,18H,4,9-10H2,1-3H3. The van der Waals surface area contributed by atoms with Gasteiger partial charge in [-0.05, 0) is 43.1 Å². The Hall–Kier alpha value is -1.20. The normalized spacial score (nSPS) is 12.8. The van der Waals surface area contributed by atoms with Gasteiger partial charge in [0, 0.05) is 22.5 Å². The summed E-state index contributed by atoms with van der Waals surface area (Å²) in [6.07, 6.45) is 1.87. The van der Waals surface area contributed by atoms with Gasteiger partial charge in [-0.3, -0.25) is 0 Å². The summed E-state index contributed by atoms with van der Waals surface area (Å²) in [6, 6.07) is 8.30. The smallest absolute Gasteiger partial charge is 0.228 e. The first kappa shape index (κ1) is 16.2. The Kier molecular flexibility index (Phi) is 5.94. The van der Waals surface area contributed by atoms with Crippen LogP contribution in [0.3, 0.4) is 0 Å². The van der Waals surface area contributed by atoms with E-state index in [2.05, 4.69) is 52.2 Å². The average Bonchev–Trinajstić information content (AvgIpc) is 2.87. The molecule has 0 radical (unpaired) electrons. The fraction of sp³-hybridized carbons (Fsp3) is 0.500. The molecule has 0 aliphatic heterocycles. The lowest BCUT2D eigenvalue weighted by Crippen LogP contribution is -2.32. The highest BCUT2D eigenvalue weighted by Crippen LogP contribution is 2.19. The van der Waals surface area contributed by atoms with Crippen LogP contribution in [0.15, 0.2) is 33.3 Å². The maximum absolute atomic E-state index is 5.39. The molecule has 0 saturated carbocycles. The molecule has 0 aliphatic rings. The van der Waals surface area contributed by atoms with Crippen molar-refractivity contribution in [2.45, 2.75) is 39.7 Å². The Morgan fingerprint density at radius 1 is 1.24 bits per heavy atom. The van der Waals surface area contributed by atoms with Gasteiger partial charge in [-0.2, -0.15) is 4.98 Å². The number of benzene rings is 1. The predicted octanol–water partition coefficient (Wildman–Crippen LogP) is 4.07. The van der Waals surface area contributed by atoms with Crippen molar-refractivity contribution in [1.82, 2.24) is 15.5 Å². The van der Waals surface area contributed by atoms with Crippen LogP contribution in [0.25, 0.3) is 11.4 Å². The fourth-order valence-electron chi connectivity index (χ4n) is 2.36. The monoisotopic (exact) mass is 351 g/mol. The molecule has 1 unspecified atom stereocenters. The number of hydrogen-bond acceptors (Lipinski definition) is 4. The van der Waals surface area contributed by atoms with Gasteiger partial charge in [0.25, 0.3) is 0 Å². The molecule has 0 bridgehead atoms. The maximum atomic E-state index is 5.39. The molecule has 21 heavy (non-hydrogen) atoms. The molecule has 5 heteroatoms. The predicted molar refractivity (Wildman–Crippen MR) is 88.1 cm³/mol. The van der Waals surface area contributed by atoms with Gasteiger partial charge in [-0.1, -0.05) is 41.9 Å². The second kappa shape index (κ2) is 7.71. The molecule has 1 N–H and O–H groups in total. The summed E-state index contributed by atoms with van der Waals surface area (Å²) in [5.41, 5.74) is 0.970. The third-order valence-electron chi connectivity index (χ3n) is 3.24. The molecule has 0 saturated heterocycles. The molecule has 1 aromatic carbocycles. The molecule has 1 atom stereocenters. The summed E-state index contributed by atoms with van der Waals surface area (Å²) in [7, 11) is 0. The highest BCUT2D eigenvalue weighted by molar-refractivity contribution is 9.10. The van der Waals surface area contributed by atoms with Crippen LogP contribution in [0.5, 0.6) is 0 Å². The SMILES string of the molecule is CCNC(Cc1nc(-c2ccc(Br)cc2)no1)CC(C)C. The van der Waals surface area contributed by atoms with Crippen LogP contribution in [-0.2, 0) is 6.42 Å². The summed E-state index contributed by atoms with van der Waals surface area (Å²) in [6.45, 7) is 7.52. The molecule has 1 aromatic heterocycles. The van der Waals surface area contributed by atoms with Gasteiger partial charge in [0.1, 0.15) is 0 Å². The van der Waals surface area contributed by atoms with Crippen LogP contribution >= 0.6 is 15.9 Å². The van der Waals surface area contributed by atoms with Gasteiger partial charge < -0.3 is 9.84 Å². The van der Waals surface area contributed by atoms with Crippen LogP contribution in [-0.4, -0.2) is 22.7 Å². The number of hydrogen-bond donors (Lipinski definition) is 1. The summed E-state index contributed by atoms with van der Waals surface area (Å²) >= 11 is 3.42. The summed E-state index contributed by atoms with van der Waals surface area (Å²) in [5, 5.41) is 7.56. The van der Waals surface area contributed by atoms with Gasteiger partial charge in [-0.15, -0.1) is 0 Å². The minimum absolute atomic E-state index is 0.383. The minimum atomic E-state index is 0.383. The van der Waals surface area contributed by atoms with E-state index < -0.39 is 0 Å². The molecule has 2 aromatic rings. The first-order valence-corrected chi connectivity index (χ1v) is 8.19. The molecular formula is C16H22BrN3O. The average molecular weight is 352 g/mol.